The number of nitrogens with two attached hydrogens (primary N) is 1. The van der Waals surface area contributed by atoms with Crippen molar-refractivity contribution in [3.05, 3.63) is 35.2 Å². The molecule has 2 N–H and O–H groups in total. The van der Waals surface area contributed by atoms with Crippen molar-refractivity contribution in [1.29, 1.82) is 0 Å². The summed E-state index contributed by atoms with van der Waals surface area (Å²) in [6.07, 6.45) is 7.33. The molecule has 0 aliphatic carbocycles. The first-order valence-corrected chi connectivity index (χ1v) is 3.54. The number of aliphatic imine (C=N–C) groups is 1. The highest BCUT2D eigenvalue weighted by atomic mass is 14.7. The molecular weight excluding hydrogens is 136 g/mol. The monoisotopic (exact) mass is 148 g/mol. The third kappa shape index (κ3) is 2.08. The summed E-state index contributed by atoms with van der Waals surface area (Å²) in [4.78, 5) is 4.01. The quantitative estimate of drug-likeness (QED) is 0.558. The molecule has 0 aromatic rings. The second kappa shape index (κ2) is 3.19. The normalized spacial score (nSPS) is 27.3. The van der Waals surface area contributed by atoms with Gasteiger partial charge in [-0.15, -0.1) is 0 Å². The Hall–Kier alpha value is -1.31. The minimum atomic E-state index is 0.779. The van der Waals surface area contributed by atoms with Crippen LogP contribution in [0, 0.1) is 0 Å². The molecule has 0 fully saturated rings. The SMILES string of the molecule is CC1=C/C(C)=C(N)/C=C\N=C1. The van der Waals surface area contributed by atoms with Crippen molar-refractivity contribution in [2.75, 3.05) is 0 Å². The summed E-state index contributed by atoms with van der Waals surface area (Å²) in [5, 5.41) is 0. The predicted octanol–water partition coefficient (Wildman–Crippen LogP) is 1.76. The topological polar surface area (TPSA) is 38.4 Å². The Bertz CT molecular complexity index is 267. The van der Waals surface area contributed by atoms with Gasteiger partial charge in [0.1, 0.15) is 0 Å². The summed E-state index contributed by atoms with van der Waals surface area (Å²) in [5.41, 5.74) is 8.67. The molecular formula is C9H12N2. The van der Waals surface area contributed by atoms with Crippen LogP contribution in [0.2, 0.25) is 0 Å². The second-order valence-electron chi connectivity index (χ2n) is 2.62. The number of nitrogens with zero attached hydrogens (tertiary/aromatic N) is 1. The third-order valence-electron chi connectivity index (χ3n) is 1.52. The van der Waals surface area contributed by atoms with Crippen molar-refractivity contribution in [3.63, 3.8) is 0 Å². The van der Waals surface area contributed by atoms with Gasteiger partial charge in [-0.25, -0.2) is 0 Å². The Morgan fingerprint density at radius 1 is 1.36 bits per heavy atom. The largest absolute Gasteiger partial charge is 0.398 e. The molecule has 11 heavy (non-hydrogen) atoms. The average molecular weight is 148 g/mol. The summed E-state index contributed by atoms with van der Waals surface area (Å²) in [5.74, 6) is 0. The highest BCUT2D eigenvalue weighted by molar-refractivity contribution is 5.79. The van der Waals surface area contributed by atoms with Crippen LogP contribution in [-0.2, 0) is 0 Å². The van der Waals surface area contributed by atoms with Gasteiger partial charge in [0.05, 0.1) is 0 Å². The Labute approximate surface area is 66.8 Å². The lowest BCUT2D eigenvalue weighted by Crippen LogP contribution is -1.97. The van der Waals surface area contributed by atoms with Gasteiger partial charge in [-0.05, 0) is 31.1 Å². The first-order valence-electron chi connectivity index (χ1n) is 3.54. The van der Waals surface area contributed by atoms with Crippen LogP contribution in [0.25, 0.3) is 0 Å². The van der Waals surface area contributed by atoms with Gasteiger partial charge in [0.2, 0.25) is 0 Å². The molecule has 0 atom stereocenters. The van der Waals surface area contributed by atoms with Crippen LogP contribution in [0.5, 0.6) is 0 Å². The molecule has 0 aromatic carbocycles. The highest BCUT2D eigenvalue weighted by Crippen LogP contribution is 2.06. The van der Waals surface area contributed by atoms with Gasteiger partial charge in [0.25, 0.3) is 0 Å². The zero-order valence-electron chi connectivity index (χ0n) is 6.83. The van der Waals surface area contributed by atoms with E-state index in [1.54, 1.807) is 12.3 Å². The van der Waals surface area contributed by atoms with E-state index < -0.39 is 0 Å². The Morgan fingerprint density at radius 3 is 2.82 bits per heavy atom. The van der Waals surface area contributed by atoms with Crippen molar-refractivity contribution < 1.29 is 0 Å². The first-order chi connectivity index (χ1) is 5.20. The van der Waals surface area contributed by atoms with Crippen LogP contribution in [0.15, 0.2) is 40.2 Å². The smallest absolute Gasteiger partial charge is 0.0359 e. The van der Waals surface area contributed by atoms with Gasteiger partial charge in [-0.1, -0.05) is 6.08 Å². The van der Waals surface area contributed by atoms with E-state index in [4.69, 9.17) is 5.73 Å². The fourth-order valence-corrected chi connectivity index (χ4v) is 0.877. The maximum atomic E-state index is 5.68. The van der Waals surface area contributed by atoms with Crippen molar-refractivity contribution in [3.8, 4) is 0 Å². The Balaban J connectivity index is 3.04. The van der Waals surface area contributed by atoms with Crippen molar-refractivity contribution >= 4 is 6.21 Å². The van der Waals surface area contributed by atoms with E-state index in [0.717, 1.165) is 16.8 Å². The number of hydrogen-bond acceptors (Lipinski definition) is 2. The summed E-state index contributed by atoms with van der Waals surface area (Å²) in [7, 11) is 0. The Kier molecular flexibility index (Phi) is 2.26. The number of hydrogen-bond donors (Lipinski definition) is 1. The summed E-state index contributed by atoms with van der Waals surface area (Å²) in [6.45, 7) is 3.99. The van der Waals surface area contributed by atoms with E-state index in [-0.39, 0.29) is 0 Å². The van der Waals surface area contributed by atoms with Crippen LogP contribution in [0.1, 0.15) is 13.8 Å². The summed E-state index contributed by atoms with van der Waals surface area (Å²) >= 11 is 0. The third-order valence-corrected chi connectivity index (χ3v) is 1.52. The fraction of sp³-hybridized carbons (Fsp3) is 0.222. The number of allylic oxidation sites excluding steroid dienone is 4. The second-order valence-corrected chi connectivity index (χ2v) is 2.62. The van der Waals surface area contributed by atoms with Crippen molar-refractivity contribution in [2.45, 2.75) is 13.8 Å². The van der Waals surface area contributed by atoms with E-state index in [0.29, 0.717) is 0 Å². The Morgan fingerprint density at radius 2 is 2.09 bits per heavy atom. The molecule has 1 heterocycles. The molecule has 0 saturated heterocycles. The minimum absolute atomic E-state index is 0.779. The lowest BCUT2D eigenvalue weighted by Gasteiger charge is -2.00. The molecule has 0 aromatic heterocycles. The molecule has 0 saturated carbocycles. The molecule has 0 unspecified atom stereocenters. The maximum Gasteiger partial charge on any atom is 0.0359 e. The summed E-state index contributed by atoms with van der Waals surface area (Å²) in [6, 6.07) is 0. The van der Waals surface area contributed by atoms with E-state index >= 15 is 0 Å². The van der Waals surface area contributed by atoms with Crippen LogP contribution < -0.4 is 5.73 Å². The standard InChI is InChI=1S/C9H12N2/c1-7-5-8(2)9(10)3-4-11-6-7/h3-6H,10H2,1-2H3/b4-3-,7-5?,7-6?,8-5?,9-3?,9-8-,11-4?,11-6?. The van der Waals surface area contributed by atoms with Gasteiger partial charge in [-0.3, -0.25) is 4.99 Å². The average Bonchev–Trinajstić information content (AvgIpc) is 1.95. The maximum absolute atomic E-state index is 5.68. The lowest BCUT2D eigenvalue weighted by atomic mass is 10.1. The molecule has 1 aliphatic rings. The first kappa shape index (κ1) is 7.79. The summed E-state index contributed by atoms with van der Waals surface area (Å²) < 4.78 is 0. The fourth-order valence-electron chi connectivity index (χ4n) is 0.877. The van der Waals surface area contributed by atoms with Gasteiger partial charge < -0.3 is 5.73 Å². The van der Waals surface area contributed by atoms with Crippen LogP contribution in [0.4, 0.5) is 0 Å². The number of rotatable bonds is 0. The molecule has 0 bridgehead atoms. The van der Waals surface area contributed by atoms with Crippen LogP contribution in [0.3, 0.4) is 0 Å². The molecule has 1 rings (SSSR count). The molecule has 2 nitrogen and oxygen atoms in total. The van der Waals surface area contributed by atoms with E-state index in [1.165, 1.54) is 0 Å². The van der Waals surface area contributed by atoms with E-state index in [2.05, 4.69) is 4.99 Å². The van der Waals surface area contributed by atoms with E-state index in [9.17, 15) is 0 Å². The highest BCUT2D eigenvalue weighted by Gasteiger charge is 1.93. The lowest BCUT2D eigenvalue weighted by molar-refractivity contribution is 1.29. The van der Waals surface area contributed by atoms with Crippen molar-refractivity contribution in [2.24, 2.45) is 10.7 Å². The minimum Gasteiger partial charge on any atom is -0.398 e. The van der Waals surface area contributed by atoms with Crippen molar-refractivity contribution in [1.82, 2.24) is 0 Å². The van der Waals surface area contributed by atoms with Gasteiger partial charge in [-0.2, -0.15) is 0 Å². The van der Waals surface area contributed by atoms with Gasteiger partial charge >= 0.3 is 0 Å². The zero-order valence-corrected chi connectivity index (χ0v) is 6.83. The van der Waals surface area contributed by atoms with Gasteiger partial charge in [0, 0.05) is 18.1 Å². The molecule has 0 radical (unpaired) electrons. The van der Waals surface area contributed by atoms with Crippen LogP contribution >= 0.6 is 0 Å². The molecule has 58 valence electrons. The van der Waals surface area contributed by atoms with E-state index in [1.807, 2.05) is 26.1 Å². The molecule has 1 aliphatic heterocycles. The molecule has 0 amide bonds. The van der Waals surface area contributed by atoms with Gasteiger partial charge in [0.15, 0.2) is 0 Å². The molecule has 0 spiro atoms. The molecule has 2 heteroatoms. The predicted molar refractivity (Wildman–Crippen MR) is 48.3 cm³/mol. The zero-order chi connectivity index (χ0) is 8.27. The van der Waals surface area contributed by atoms with Crippen LogP contribution in [-0.4, -0.2) is 6.21 Å².